The molecule has 1 aliphatic heterocycles. The fourth-order valence-corrected chi connectivity index (χ4v) is 3.11. The van der Waals surface area contributed by atoms with Crippen molar-refractivity contribution in [1.82, 2.24) is 0 Å². The van der Waals surface area contributed by atoms with Gasteiger partial charge in [-0.3, -0.25) is 0 Å². The van der Waals surface area contributed by atoms with Gasteiger partial charge in [-0.15, -0.1) is 0 Å². The van der Waals surface area contributed by atoms with Gasteiger partial charge in [0.2, 0.25) is 0 Å². The monoisotopic (exact) mass is 314 g/mol. The zero-order valence-corrected chi connectivity index (χ0v) is 12.6. The van der Waals surface area contributed by atoms with Crippen LogP contribution in [-0.2, 0) is 6.54 Å². The quantitative estimate of drug-likeness (QED) is 0.902. The first-order valence-electron chi connectivity index (χ1n) is 6.36. The Bertz CT molecular complexity index is 446. The number of halogens is 2. The highest BCUT2D eigenvalue weighted by Gasteiger charge is 2.28. The van der Waals surface area contributed by atoms with Gasteiger partial charge < -0.3 is 10.6 Å². The first-order chi connectivity index (χ1) is 8.44. The van der Waals surface area contributed by atoms with Gasteiger partial charge in [-0.05, 0) is 45.8 Å². The largest absolute Gasteiger partial charge is 0.369 e. The Morgan fingerprint density at radius 2 is 2.17 bits per heavy atom. The molecule has 0 amide bonds. The van der Waals surface area contributed by atoms with Crippen molar-refractivity contribution in [3.63, 3.8) is 0 Å². The van der Waals surface area contributed by atoms with Gasteiger partial charge in [-0.1, -0.05) is 19.9 Å². The van der Waals surface area contributed by atoms with Crippen LogP contribution in [0.15, 0.2) is 16.6 Å². The predicted molar refractivity (Wildman–Crippen MR) is 77.2 cm³/mol. The van der Waals surface area contributed by atoms with E-state index in [0.29, 0.717) is 16.7 Å². The standard InChI is InChI=1S/C14H20BrFN2/c1-14(2)6-3-7-18(9-14)11-5-4-10(8-17)12(15)13(11)16/h4-5H,3,6-9,17H2,1-2H3. The van der Waals surface area contributed by atoms with Gasteiger partial charge in [0.05, 0.1) is 10.2 Å². The van der Waals surface area contributed by atoms with Crippen molar-refractivity contribution in [1.29, 1.82) is 0 Å². The van der Waals surface area contributed by atoms with Gasteiger partial charge in [0.25, 0.3) is 0 Å². The van der Waals surface area contributed by atoms with E-state index in [1.165, 1.54) is 6.42 Å². The highest BCUT2D eigenvalue weighted by atomic mass is 79.9. The summed E-state index contributed by atoms with van der Waals surface area (Å²) in [5.41, 5.74) is 7.33. The van der Waals surface area contributed by atoms with Crippen LogP contribution >= 0.6 is 15.9 Å². The highest BCUT2D eigenvalue weighted by Crippen LogP contribution is 2.35. The molecule has 1 aliphatic rings. The fourth-order valence-electron chi connectivity index (χ4n) is 2.61. The van der Waals surface area contributed by atoms with Crippen LogP contribution in [0.2, 0.25) is 0 Å². The molecule has 1 fully saturated rings. The minimum atomic E-state index is -0.185. The molecule has 0 spiro atoms. The Balaban J connectivity index is 2.31. The molecular weight excluding hydrogens is 295 g/mol. The Kier molecular flexibility index (Phi) is 3.97. The van der Waals surface area contributed by atoms with Crippen LogP contribution in [-0.4, -0.2) is 13.1 Å². The molecule has 0 bridgehead atoms. The summed E-state index contributed by atoms with van der Waals surface area (Å²) in [5.74, 6) is -0.185. The number of nitrogens with zero attached hydrogens (tertiary/aromatic N) is 1. The number of anilines is 1. The van der Waals surface area contributed by atoms with Crippen molar-refractivity contribution in [3.05, 3.63) is 28.0 Å². The molecule has 1 aromatic carbocycles. The summed E-state index contributed by atoms with van der Waals surface area (Å²) in [6.07, 6.45) is 2.32. The number of benzene rings is 1. The minimum absolute atomic E-state index is 0.185. The molecule has 2 nitrogen and oxygen atoms in total. The lowest BCUT2D eigenvalue weighted by Gasteiger charge is -2.39. The van der Waals surface area contributed by atoms with Gasteiger partial charge in [-0.25, -0.2) is 4.39 Å². The zero-order valence-electron chi connectivity index (χ0n) is 11.0. The molecular formula is C14H20BrFN2. The summed E-state index contributed by atoms with van der Waals surface area (Å²) in [4.78, 5) is 2.14. The topological polar surface area (TPSA) is 29.3 Å². The van der Waals surface area contributed by atoms with Crippen LogP contribution < -0.4 is 10.6 Å². The first-order valence-corrected chi connectivity index (χ1v) is 7.16. The molecule has 0 unspecified atom stereocenters. The van der Waals surface area contributed by atoms with E-state index in [2.05, 4.69) is 34.7 Å². The Hall–Kier alpha value is -0.610. The third-order valence-electron chi connectivity index (χ3n) is 3.60. The summed E-state index contributed by atoms with van der Waals surface area (Å²) in [6, 6.07) is 3.76. The van der Waals surface area contributed by atoms with Crippen molar-refractivity contribution in [2.24, 2.45) is 11.1 Å². The SMILES string of the molecule is CC1(C)CCCN(c2ccc(CN)c(Br)c2F)C1. The molecule has 1 aromatic rings. The third kappa shape index (κ3) is 2.69. The Morgan fingerprint density at radius 3 is 2.78 bits per heavy atom. The van der Waals surface area contributed by atoms with Crippen LogP contribution in [0.4, 0.5) is 10.1 Å². The fraction of sp³-hybridized carbons (Fsp3) is 0.571. The molecule has 0 saturated carbocycles. The number of hydrogen-bond donors (Lipinski definition) is 1. The predicted octanol–water partition coefficient (Wildman–Crippen LogP) is 3.67. The van der Waals surface area contributed by atoms with E-state index in [0.717, 1.165) is 25.1 Å². The summed E-state index contributed by atoms with van der Waals surface area (Å²) >= 11 is 3.30. The minimum Gasteiger partial charge on any atom is -0.369 e. The molecule has 0 atom stereocenters. The molecule has 100 valence electrons. The lowest BCUT2D eigenvalue weighted by Crippen LogP contribution is -2.40. The summed E-state index contributed by atoms with van der Waals surface area (Å²) in [7, 11) is 0. The van der Waals surface area contributed by atoms with E-state index >= 15 is 0 Å². The average Bonchev–Trinajstić information content (AvgIpc) is 2.31. The van der Waals surface area contributed by atoms with Crippen molar-refractivity contribution >= 4 is 21.6 Å². The Morgan fingerprint density at radius 1 is 1.44 bits per heavy atom. The third-order valence-corrected chi connectivity index (χ3v) is 4.46. The van der Waals surface area contributed by atoms with E-state index in [4.69, 9.17) is 5.73 Å². The van der Waals surface area contributed by atoms with Crippen LogP contribution in [0.1, 0.15) is 32.3 Å². The van der Waals surface area contributed by atoms with Crippen LogP contribution in [0.3, 0.4) is 0 Å². The maximum atomic E-state index is 14.3. The van der Waals surface area contributed by atoms with E-state index in [1.54, 1.807) is 0 Å². The van der Waals surface area contributed by atoms with Gasteiger partial charge in [0.15, 0.2) is 5.82 Å². The van der Waals surface area contributed by atoms with E-state index in [9.17, 15) is 4.39 Å². The van der Waals surface area contributed by atoms with E-state index in [1.807, 2.05) is 12.1 Å². The normalized spacial score (nSPS) is 19.1. The first kappa shape index (κ1) is 13.8. The second-order valence-corrected chi connectivity index (χ2v) is 6.56. The van der Waals surface area contributed by atoms with Crippen LogP contribution in [0.5, 0.6) is 0 Å². The number of hydrogen-bond acceptors (Lipinski definition) is 2. The Labute approximate surface area is 116 Å². The van der Waals surface area contributed by atoms with Gasteiger partial charge in [-0.2, -0.15) is 0 Å². The molecule has 1 heterocycles. The van der Waals surface area contributed by atoms with Gasteiger partial charge in [0, 0.05) is 19.6 Å². The zero-order chi connectivity index (χ0) is 13.3. The van der Waals surface area contributed by atoms with Crippen LogP contribution in [0.25, 0.3) is 0 Å². The molecule has 1 saturated heterocycles. The summed E-state index contributed by atoms with van der Waals surface area (Å²) in [6.45, 7) is 6.65. The van der Waals surface area contributed by atoms with Crippen molar-refractivity contribution < 1.29 is 4.39 Å². The number of rotatable bonds is 2. The number of piperidine rings is 1. The molecule has 0 aliphatic carbocycles. The van der Waals surface area contributed by atoms with Crippen molar-refractivity contribution in [2.45, 2.75) is 33.2 Å². The van der Waals surface area contributed by atoms with E-state index < -0.39 is 0 Å². The maximum Gasteiger partial charge on any atom is 0.160 e. The lowest BCUT2D eigenvalue weighted by molar-refractivity contribution is 0.291. The molecule has 4 heteroatoms. The van der Waals surface area contributed by atoms with Crippen molar-refractivity contribution in [2.75, 3.05) is 18.0 Å². The van der Waals surface area contributed by atoms with Crippen LogP contribution in [0, 0.1) is 11.2 Å². The van der Waals surface area contributed by atoms with Gasteiger partial charge >= 0.3 is 0 Å². The summed E-state index contributed by atoms with van der Waals surface area (Å²) < 4.78 is 14.8. The average molecular weight is 315 g/mol. The van der Waals surface area contributed by atoms with E-state index in [-0.39, 0.29) is 11.2 Å². The molecule has 18 heavy (non-hydrogen) atoms. The lowest BCUT2D eigenvalue weighted by atomic mass is 9.84. The maximum absolute atomic E-state index is 14.3. The molecule has 2 rings (SSSR count). The smallest absolute Gasteiger partial charge is 0.160 e. The van der Waals surface area contributed by atoms with Gasteiger partial charge in [0.1, 0.15) is 0 Å². The highest BCUT2D eigenvalue weighted by molar-refractivity contribution is 9.10. The second kappa shape index (κ2) is 5.17. The molecule has 0 radical (unpaired) electrons. The molecule has 2 N–H and O–H groups in total. The van der Waals surface area contributed by atoms with Crippen molar-refractivity contribution in [3.8, 4) is 0 Å². The second-order valence-electron chi connectivity index (χ2n) is 5.77. The molecule has 0 aromatic heterocycles. The number of nitrogens with two attached hydrogens (primary N) is 1. The summed E-state index contributed by atoms with van der Waals surface area (Å²) in [5, 5.41) is 0.